The highest BCUT2D eigenvalue weighted by Gasteiger charge is 2.37. The molecule has 2 aliphatic heterocycles. The Balaban J connectivity index is 1.40. The molecule has 0 radical (unpaired) electrons. The van der Waals surface area contributed by atoms with Crippen LogP contribution < -0.4 is 0 Å². The summed E-state index contributed by atoms with van der Waals surface area (Å²) < 4.78 is 0. The van der Waals surface area contributed by atoms with Crippen LogP contribution in [0.5, 0.6) is 0 Å². The van der Waals surface area contributed by atoms with Gasteiger partial charge in [0.15, 0.2) is 0 Å². The number of carbonyl (C=O) groups is 2. The van der Waals surface area contributed by atoms with E-state index in [1.54, 1.807) is 4.90 Å². The number of benzene rings is 1. The maximum absolute atomic E-state index is 12.9. The van der Waals surface area contributed by atoms with E-state index in [4.69, 9.17) is 0 Å². The number of amides is 2. The van der Waals surface area contributed by atoms with Gasteiger partial charge in [-0.25, -0.2) is 0 Å². The van der Waals surface area contributed by atoms with Gasteiger partial charge in [0, 0.05) is 25.2 Å². The van der Waals surface area contributed by atoms with Crippen molar-refractivity contribution in [2.75, 3.05) is 19.6 Å². The molecule has 1 N–H and O–H groups in total. The van der Waals surface area contributed by atoms with Crippen molar-refractivity contribution in [3.05, 3.63) is 47.2 Å². The molecule has 144 valence electrons. The molecule has 0 spiro atoms. The standard InChI is InChI=1S/C22H28N2O3/c25-20-11-10-17-6-4-5-9-19(17)24(20)16-21(26)23-14-12-22(27,13-15-23)18-7-2-1-3-8-18/h1-3,7-8,27H,4-6,9-16H2. The highest BCUT2D eigenvalue weighted by atomic mass is 16.3. The highest BCUT2D eigenvalue weighted by molar-refractivity contribution is 5.87. The van der Waals surface area contributed by atoms with E-state index in [-0.39, 0.29) is 18.4 Å². The van der Waals surface area contributed by atoms with Crippen molar-refractivity contribution in [2.24, 2.45) is 0 Å². The Morgan fingerprint density at radius 3 is 2.44 bits per heavy atom. The summed E-state index contributed by atoms with van der Waals surface area (Å²) in [5, 5.41) is 11.0. The van der Waals surface area contributed by atoms with Gasteiger partial charge >= 0.3 is 0 Å². The minimum Gasteiger partial charge on any atom is -0.385 e. The predicted octanol–water partition coefficient (Wildman–Crippen LogP) is 2.95. The maximum Gasteiger partial charge on any atom is 0.242 e. The summed E-state index contributed by atoms with van der Waals surface area (Å²) in [5.41, 5.74) is 2.55. The van der Waals surface area contributed by atoms with Crippen LogP contribution in [0, 0.1) is 0 Å². The Labute approximate surface area is 160 Å². The molecule has 1 aliphatic carbocycles. The van der Waals surface area contributed by atoms with Gasteiger partial charge in [0.1, 0.15) is 6.54 Å². The van der Waals surface area contributed by atoms with Crippen molar-refractivity contribution in [1.82, 2.24) is 9.80 Å². The van der Waals surface area contributed by atoms with Crippen molar-refractivity contribution in [1.29, 1.82) is 0 Å². The van der Waals surface area contributed by atoms with Crippen LogP contribution in [0.2, 0.25) is 0 Å². The second kappa shape index (κ2) is 7.47. The number of allylic oxidation sites excluding steroid dienone is 2. The molecule has 0 atom stereocenters. The van der Waals surface area contributed by atoms with Gasteiger partial charge in [-0.2, -0.15) is 0 Å². The minimum atomic E-state index is -0.863. The lowest BCUT2D eigenvalue weighted by Crippen LogP contribution is -2.49. The van der Waals surface area contributed by atoms with Crippen LogP contribution >= 0.6 is 0 Å². The lowest BCUT2D eigenvalue weighted by molar-refractivity contribution is -0.142. The Morgan fingerprint density at radius 1 is 1.00 bits per heavy atom. The Bertz CT molecular complexity index is 748. The quantitative estimate of drug-likeness (QED) is 0.892. The summed E-state index contributed by atoms with van der Waals surface area (Å²) >= 11 is 0. The first kappa shape index (κ1) is 18.2. The molecule has 1 saturated heterocycles. The first-order chi connectivity index (χ1) is 13.1. The van der Waals surface area contributed by atoms with Gasteiger partial charge in [-0.15, -0.1) is 0 Å². The van der Waals surface area contributed by atoms with E-state index in [0.717, 1.165) is 36.9 Å². The molecular weight excluding hydrogens is 340 g/mol. The summed E-state index contributed by atoms with van der Waals surface area (Å²) in [6, 6.07) is 9.70. The van der Waals surface area contributed by atoms with Gasteiger partial charge in [0.25, 0.3) is 0 Å². The number of aliphatic hydroxyl groups is 1. The molecule has 1 aromatic rings. The second-order valence-electron chi connectivity index (χ2n) is 8.02. The number of hydrogen-bond acceptors (Lipinski definition) is 3. The zero-order valence-corrected chi connectivity index (χ0v) is 15.8. The van der Waals surface area contributed by atoms with Gasteiger partial charge in [-0.1, -0.05) is 35.9 Å². The van der Waals surface area contributed by atoms with Gasteiger partial charge in [-0.3, -0.25) is 9.59 Å². The topological polar surface area (TPSA) is 60.9 Å². The molecule has 1 aromatic carbocycles. The normalized spacial score (nSPS) is 22.6. The van der Waals surface area contributed by atoms with Gasteiger partial charge < -0.3 is 14.9 Å². The predicted molar refractivity (Wildman–Crippen MR) is 103 cm³/mol. The Morgan fingerprint density at radius 2 is 1.70 bits per heavy atom. The zero-order chi connectivity index (χ0) is 18.9. The van der Waals surface area contributed by atoms with Gasteiger partial charge in [0.2, 0.25) is 11.8 Å². The molecule has 4 rings (SSSR count). The molecule has 27 heavy (non-hydrogen) atoms. The lowest BCUT2D eigenvalue weighted by atomic mass is 9.84. The number of carbonyl (C=O) groups excluding carboxylic acids is 2. The zero-order valence-electron chi connectivity index (χ0n) is 15.8. The average molecular weight is 368 g/mol. The number of likely N-dealkylation sites (tertiary alicyclic amines) is 1. The third kappa shape index (κ3) is 3.65. The largest absolute Gasteiger partial charge is 0.385 e. The fraction of sp³-hybridized carbons (Fsp3) is 0.545. The Kier molecular flexibility index (Phi) is 5.04. The van der Waals surface area contributed by atoms with Crippen molar-refractivity contribution in [3.63, 3.8) is 0 Å². The molecule has 0 bridgehead atoms. The van der Waals surface area contributed by atoms with E-state index in [9.17, 15) is 14.7 Å². The fourth-order valence-corrected chi connectivity index (χ4v) is 4.67. The van der Waals surface area contributed by atoms with Crippen LogP contribution in [0.25, 0.3) is 0 Å². The van der Waals surface area contributed by atoms with Crippen LogP contribution in [-0.4, -0.2) is 46.4 Å². The first-order valence-corrected chi connectivity index (χ1v) is 10.1. The monoisotopic (exact) mass is 368 g/mol. The van der Waals surface area contributed by atoms with Crippen LogP contribution in [0.15, 0.2) is 41.6 Å². The van der Waals surface area contributed by atoms with Crippen LogP contribution in [0.1, 0.15) is 56.9 Å². The van der Waals surface area contributed by atoms with Crippen LogP contribution in [0.4, 0.5) is 0 Å². The molecule has 5 heteroatoms. The van der Waals surface area contributed by atoms with Crippen molar-refractivity contribution < 1.29 is 14.7 Å². The third-order valence-electron chi connectivity index (χ3n) is 6.37. The van der Waals surface area contributed by atoms with E-state index in [1.807, 2.05) is 35.2 Å². The summed E-state index contributed by atoms with van der Waals surface area (Å²) in [6.07, 6.45) is 6.74. The van der Waals surface area contributed by atoms with Crippen molar-refractivity contribution >= 4 is 11.8 Å². The molecular formula is C22H28N2O3. The number of nitrogens with zero attached hydrogens (tertiary/aromatic N) is 2. The van der Waals surface area contributed by atoms with E-state index in [1.165, 1.54) is 12.0 Å². The molecule has 1 fully saturated rings. The third-order valence-corrected chi connectivity index (χ3v) is 6.37. The molecule has 0 saturated carbocycles. The van der Waals surface area contributed by atoms with E-state index in [2.05, 4.69) is 0 Å². The maximum atomic E-state index is 12.9. The van der Waals surface area contributed by atoms with Crippen LogP contribution in [0.3, 0.4) is 0 Å². The van der Waals surface area contributed by atoms with Crippen LogP contribution in [-0.2, 0) is 15.2 Å². The van der Waals surface area contributed by atoms with E-state index >= 15 is 0 Å². The van der Waals surface area contributed by atoms with Gasteiger partial charge in [-0.05, 0) is 50.5 Å². The Hall–Kier alpha value is -2.14. The first-order valence-electron chi connectivity index (χ1n) is 10.1. The van der Waals surface area contributed by atoms with Crippen molar-refractivity contribution in [3.8, 4) is 0 Å². The molecule has 5 nitrogen and oxygen atoms in total. The fourth-order valence-electron chi connectivity index (χ4n) is 4.67. The minimum absolute atomic E-state index is 0.00205. The SMILES string of the molecule is O=C(CN1C(=O)CCC2=C1CCCC2)N1CCC(O)(c2ccccc2)CC1. The second-order valence-corrected chi connectivity index (χ2v) is 8.02. The molecule has 2 heterocycles. The summed E-state index contributed by atoms with van der Waals surface area (Å²) in [6.45, 7) is 1.21. The molecule has 0 aromatic heterocycles. The smallest absolute Gasteiger partial charge is 0.242 e. The van der Waals surface area contributed by atoms with E-state index < -0.39 is 5.60 Å². The highest BCUT2D eigenvalue weighted by Crippen LogP contribution is 2.35. The number of piperidine rings is 1. The molecule has 0 unspecified atom stereocenters. The van der Waals surface area contributed by atoms with Crippen molar-refractivity contribution in [2.45, 2.75) is 57.0 Å². The number of hydrogen-bond donors (Lipinski definition) is 1. The average Bonchev–Trinajstić information content (AvgIpc) is 2.71. The number of rotatable bonds is 3. The molecule has 2 amide bonds. The van der Waals surface area contributed by atoms with E-state index in [0.29, 0.717) is 32.4 Å². The summed E-state index contributed by atoms with van der Waals surface area (Å²) in [4.78, 5) is 28.9. The summed E-state index contributed by atoms with van der Waals surface area (Å²) in [5.74, 6) is 0.0829. The lowest BCUT2D eigenvalue weighted by Gasteiger charge is -2.40. The van der Waals surface area contributed by atoms with Gasteiger partial charge in [0.05, 0.1) is 5.60 Å². The summed E-state index contributed by atoms with van der Waals surface area (Å²) in [7, 11) is 0. The molecule has 3 aliphatic rings.